The minimum absolute atomic E-state index is 0.0371. The van der Waals surface area contributed by atoms with Crippen LogP contribution in [0.2, 0.25) is 5.02 Å². The Hall–Kier alpha value is -3.04. The molecule has 2 aliphatic rings. The Morgan fingerprint density at radius 2 is 2.12 bits per heavy atom. The lowest BCUT2D eigenvalue weighted by atomic mass is 10.1. The van der Waals surface area contributed by atoms with Crippen LogP contribution in [0.1, 0.15) is 41.5 Å². The van der Waals surface area contributed by atoms with Crippen LogP contribution in [0.15, 0.2) is 35.4 Å². The number of rotatable bonds is 5. The average Bonchev–Trinajstić information content (AvgIpc) is 3.50. The van der Waals surface area contributed by atoms with Crippen LogP contribution in [0.3, 0.4) is 0 Å². The molecule has 1 amide bonds. The van der Waals surface area contributed by atoms with Crippen molar-refractivity contribution in [3.8, 4) is 0 Å². The Kier molecular flexibility index (Phi) is 5.54. The molecule has 0 spiro atoms. The van der Waals surface area contributed by atoms with E-state index in [0.717, 1.165) is 25.3 Å². The molecule has 2 N–H and O–H groups in total. The summed E-state index contributed by atoms with van der Waals surface area (Å²) < 4.78 is 16.1. The van der Waals surface area contributed by atoms with Gasteiger partial charge in [-0.2, -0.15) is 0 Å². The number of nitrogen functional groups attached to an aromatic ring is 1. The van der Waals surface area contributed by atoms with Gasteiger partial charge in [0.1, 0.15) is 23.0 Å². The van der Waals surface area contributed by atoms with Crippen LogP contribution in [0.25, 0.3) is 10.9 Å². The minimum Gasteiger partial charge on any atom is -0.384 e. The summed E-state index contributed by atoms with van der Waals surface area (Å²) in [4.78, 5) is 38.8. The van der Waals surface area contributed by atoms with Crippen LogP contribution in [-0.2, 0) is 6.54 Å². The van der Waals surface area contributed by atoms with Gasteiger partial charge in [0.2, 0.25) is 5.43 Å². The maximum Gasteiger partial charge on any atom is 0.259 e. The summed E-state index contributed by atoms with van der Waals surface area (Å²) in [5, 5.41) is 0.145. The highest BCUT2D eigenvalue weighted by Crippen LogP contribution is 2.37. The molecule has 2 fully saturated rings. The highest BCUT2D eigenvalue weighted by Gasteiger charge is 2.33. The highest BCUT2D eigenvalue weighted by atomic mass is 35.5. The van der Waals surface area contributed by atoms with Crippen molar-refractivity contribution in [1.29, 1.82) is 0 Å². The second-order valence-corrected chi connectivity index (χ2v) is 9.21. The van der Waals surface area contributed by atoms with Gasteiger partial charge in [-0.05, 0) is 44.5 Å². The lowest BCUT2D eigenvalue weighted by Crippen LogP contribution is -2.38. The fourth-order valence-electron chi connectivity index (χ4n) is 4.45. The van der Waals surface area contributed by atoms with Crippen LogP contribution in [-0.4, -0.2) is 56.4 Å². The number of likely N-dealkylation sites (N-methyl/N-ethyl adjacent to an activating group) is 1. The van der Waals surface area contributed by atoms with Gasteiger partial charge in [0.25, 0.3) is 5.91 Å². The van der Waals surface area contributed by atoms with Gasteiger partial charge in [0.05, 0.1) is 17.1 Å². The quantitative estimate of drug-likeness (QED) is 0.615. The summed E-state index contributed by atoms with van der Waals surface area (Å²) in [5.41, 5.74) is 5.90. The van der Waals surface area contributed by atoms with E-state index in [-0.39, 0.29) is 34.0 Å². The number of hydrogen-bond donors (Lipinski definition) is 1. The van der Waals surface area contributed by atoms with Crippen molar-refractivity contribution in [3.05, 3.63) is 63.0 Å². The number of halogens is 2. The molecular formula is C23H24ClFN6O2. The highest BCUT2D eigenvalue weighted by molar-refractivity contribution is 6.31. The summed E-state index contributed by atoms with van der Waals surface area (Å²) >= 11 is 5.97. The number of nitrogens with zero attached hydrogens (tertiary/aromatic N) is 5. The SMILES string of the molecule is CN(Cc1nccc(N)n1)C1CCN(C(=O)c2cn(C3CC3)c3cc(Cl)c(F)cc3c2=O)C1. The number of hydrogen-bond acceptors (Lipinski definition) is 6. The molecule has 3 heterocycles. The van der Waals surface area contributed by atoms with Gasteiger partial charge in [0.15, 0.2) is 0 Å². The summed E-state index contributed by atoms with van der Waals surface area (Å²) in [7, 11) is 1.95. The van der Waals surface area contributed by atoms with E-state index in [4.69, 9.17) is 17.3 Å². The molecule has 2 aromatic heterocycles. The van der Waals surface area contributed by atoms with Crippen LogP contribution in [0, 0.1) is 5.82 Å². The molecule has 8 nitrogen and oxygen atoms in total. The number of fused-ring (bicyclic) bond motifs is 1. The number of nitrogens with two attached hydrogens (primary N) is 1. The summed E-state index contributed by atoms with van der Waals surface area (Å²) in [6.45, 7) is 1.51. The lowest BCUT2D eigenvalue weighted by molar-refractivity contribution is 0.0777. The number of pyridine rings is 1. The lowest BCUT2D eigenvalue weighted by Gasteiger charge is -2.24. The number of amides is 1. The van der Waals surface area contributed by atoms with Gasteiger partial charge in [-0.25, -0.2) is 14.4 Å². The third-order valence-electron chi connectivity index (χ3n) is 6.44. The first kappa shape index (κ1) is 21.8. The van der Waals surface area contributed by atoms with E-state index < -0.39 is 11.2 Å². The molecule has 172 valence electrons. The third kappa shape index (κ3) is 4.18. The maximum absolute atomic E-state index is 14.2. The van der Waals surface area contributed by atoms with Crippen molar-refractivity contribution in [2.24, 2.45) is 0 Å². The van der Waals surface area contributed by atoms with E-state index in [1.165, 1.54) is 6.07 Å². The van der Waals surface area contributed by atoms with Crippen LogP contribution >= 0.6 is 11.6 Å². The van der Waals surface area contributed by atoms with E-state index in [2.05, 4.69) is 14.9 Å². The van der Waals surface area contributed by atoms with Gasteiger partial charge in [-0.1, -0.05) is 11.6 Å². The predicted octanol–water partition coefficient (Wildman–Crippen LogP) is 2.85. The van der Waals surface area contributed by atoms with Crippen molar-refractivity contribution in [2.45, 2.75) is 37.9 Å². The van der Waals surface area contributed by atoms with E-state index in [1.54, 1.807) is 23.4 Å². The standard InChI is InChI=1S/C23H24ClFN6O2/c1-29(12-21-27-6-4-20(26)28-21)14-5-7-30(10-14)23(33)16-11-31(13-2-3-13)19-9-17(24)18(25)8-15(19)22(16)32/h4,6,8-9,11,13-14H,2-3,5,7,10,12H2,1H3,(H2,26,27,28). The molecule has 3 aromatic rings. The maximum atomic E-state index is 14.2. The fourth-order valence-corrected chi connectivity index (χ4v) is 4.61. The van der Waals surface area contributed by atoms with E-state index >= 15 is 0 Å². The summed E-state index contributed by atoms with van der Waals surface area (Å²) in [5.74, 6) is 0.0324. The summed E-state index contributed by atoms with van der Waals surface area (Å²) in [6, 6.07) is 4.54. The second-order valence-electron chi connectivity index (χ2n) is 8.80. The Labute approximate surface area is 194 Å². The molecule has 10 heteroatoms. The first-order chi connectivity index (χ1) is 15.8. The molecular weight excluding hydrogens is 447 g/mol. The molecule has 1 atom stereocenters. The first-order valence-corrected chi connectivity index (χ1v) is 11.3. The van der Waals surface area contributed by atoms with Gasteiger partial charge in [0, 0.05) is 43.0 Å². The van der Waals surface area contributed by atoms with Gasteiger partial charge in [-0.15, -0.1) is 0 Å². The van der Waals surface area contributed by atoms with Crippen LogP contribution < -0.4 is 11.2 Å². The van der Waals surface area contributed by atoms with Crippen LogP contribution in [0.5, 0.6) is 0 Å². The molecule has 1 saturated carbocycles. The monoisotopic (exact) mass is 470 g/mol. The Bertz CT molecular complexity index is 1310. The Morgan fingerprint density at radius 3 is 2.85 bits per heavy atom. The zero-order valence-electron chi connectivity index (χ0n) is 18.2. The molecule has 1 unspecified atom stereocenters. The number of likely N-dealkylation sites (tertiary alicyclic amines) is 1. The van der Waals surface area contributed by atoms with E-state index in [9.17, 15) is 14.0 Å². The van der Waals surface area contributed by atoms with Gasteiger partial charge >= 0.3 is 0 Å². The second kappa shape index (κ2) is 8.39. The number of aromatic nitrogens is 3. The molecule has 1 aliphatic carbocycles. The molecule has 1 aliphatic heterocycles. The number of carbonyl (C=O) groups is 1. The zero-order chi connectivity index (χ0) is 23.3. The smallest absolute Gasteiger partial charge is 0.259 e. The van der Waals surface area contributed by atoms with E-state index in [1.807, 2.05) is 11.6 Å². The average molecular weight is 471 g/mol. The number of anilines is 1. The fraction of sp³-hybridized carbons (Fsp3) is 0.391. The first-order valence-electron chi connectivity index (χ1n) is 10.9. The van der Waals surface area contributed by atoms with Crippen molar-refractivity contribution in [2.75, 3.05) is 25.9 Å². The van der Waals surface area contributed by atoms with Crippen molar-refractivity contribution in [3.63, 3.8) is 0 Å². The van der Waals surface area contributed by atoms with Crippen molar-refractivity contribution < 1.29 is 9.18 Å². The minimum atomic E-state index is -0.667. The normalized spacial score (nSPS) is 18.4. The predicted molar refractivity (Wildman–Crippen MR) is 124 cm³/mol. The number of benzene rings is 1. The third-order valence-corrected chi connectivity index (χ3v) is 6.73. The Morgan fingerprint density at radius 1 is 1.33 bits per heavy atom. The number of carbonyl (C=O) groups excluding carboxylic acids is 1. The molecule has 5 rings (SSSR count). The van der Waals surface area contributed by atoms with Crippen molar-refractivity contribution >= 4 is 34.2 Å². The summed E-state index contributed by atoms with van der Waals surface area (Å²) in [6.07, 6.45) is 5.90. The molecule has 0 bridgehead atoms. The van der Waals surface area contributed by atoms with Crippen LogP contribution in [0.4, 0.5) is 10.2 Å². The topological polar surface area (TPSA) is 97.3 Å². The largest absolute Gasteiger partial charge is 0.384 e. The molecule has 33 heavy (non-hydrogen) atoms. The zero-order valence-corrected chi connectivity index (χ0v) is 18.9. The van der Waals surface area contributed by atoms with E-state index in [0.29, 0.717) is 36.8 Å². The van der Waals surface area contributed by atoms with Gasteiger partial charge in [-0.3, -0.25) is 14.5 Å². The van der Waals surface area contributed by atoms with Crippen molar-refractivity contribution in [1.82, 2.24) is 24.3 Å². The Balaban J connectivity index is 1.39. The molecule has 0 radical (unpaired) electrons. The molecule has 1 saturated heterocycles. The molecule has 1 aromatic carbocycles. The van der Waals surface area contributed by atoms with Gasteiger partial charge < -0.3 is 15.2 Å².